The fourth-order valence-corrected chi connectivity index (χ4v) is 8.66. The van der Waals surface area contributed by atoms with Crippen molar-refractivity contribution in [1.82, 2.24) is 0 Å². The molecule has 0 bridgehead atoms. The second kappa shape index (κ2) is 6.36. The number of amides is 1. The quantitative estimate of drug-likeness (QED) is 0.534. The SMILES string of the molecule is CC1=CC(=O)C=C2C1=CC=C1C2(C)CCC2(C)C3CC(C)(C(N)=O)CCC3(C)CCC12C. The summed E-state index contributed by atoms with van der Waals surface area (Å²) in [5.41, 5.74) is 10.9. The topological polar surface area (TPSA) is 60.2 Å². The summed E-state index contributed by atoms with van der Waals surface area (Å²) < 4.78 is 0. The highest BCUT2D eigenvalue weighted by atomic mass is 16.1. The molecule has 3 nitrogen and oxygen atoms in total. The smallest absolute Gasteiger partial charge is 0.223 e. The lowest BCUT2D eigenvalue weighted by Crippen LogP contribution is -2.62. The van der Waals surface area contributed by atoms with E-state index in [4.69, 9.17) is 5.73 Å². The van der Waals surface area contributed by atoms with Crippen molar-refractivity contribution in [2.24, 2.45) is 38.7 Å². The molecule has 0 heterocycles. The molecule has 0 aliphatic heterocycles. The predicted molar refractivity (Wildman–Crippen MR) is 129 cm³/mol. The number of carbonyl (C=O) groups is 2. The Kier molecular flexibility index (Phi) is 4.36. The minimum absolute atomic E-state index is 0.0427. The maximum absolute atomic E-state index is 12.5. The van der Waals surface area contributed by atoms with Gasteiger partial charge in [-0.1, -0.05) is 52.3 Å². The number of rotatable bonds is 1. The Morgan fingerprint density at radius 1 is 0.938 bits per heavy atom. The van der Waals surface area contributed by atoms with Gasteiger partial charge < -0.3 is 5.73 Å². The average molecular weight is 434 g/mol. The third-order valence-electron chi connectivity index (χ3n) is 11.3. The maximum Gasteiger partial charge on any atom is 0.223 e. The van der Waals surface area contributed by atoms with E-state index < -0.39 is 5.41 Å². The number of fused-ring (bicyclic) bond motifs is 7. The molecule has 2 N–H and O–H groups in total. The Bertz CT molecular complexity index is 1060. The molecule has 3 fully saturated rings. The van der Waals surface area contributed by atoms with Crippen LogP contribution < -0.4 is 5.73 Å². The number of nitrogens with two attached hydrogens (primary N) is 1. The van der Waals surface area contributed by atoms with Gasteiger partial charge in [0.1, 0.15) is 0 Å². The third-order valence-corrected chi connectivity index (χ3v) is 11.3. The monoisotopic (exact) mass is 433 g/mol. The van der Waals surface area contributed by atoms with Crippen LogP contribution in [0, 0.1) is 33.0 Å². The Balaban J connectivity index is 1.64. The zero-order valence-corrected chi connectivity index (χ0v) is 20.7. The van der Waals surface area contributed by atoms with E-state index in [9.17, 15) is 9.59 Å². The summed E-state index contributed by atoms with van der Waals surface area (Å²) in [6.45, 7) is 14.0. The fourth-order valence-electron chi connectivity index (χ4n) is 8.66. The number of ketones is 1. The molecule has 0 aromatic heterocycles. The second-order valence-corrected chi connectivity index (χ2v) is 12.9. The zero-order valence-electron chi connectivity index (χ0n) is 20.7. The van der Waals surface area contributed by atoms with Crippen molar-refractivity contribution < 1.29 is 9.59 Å². The molecule has 5 aliphatic carbocycles. The third kappa shape index (κ3) is 2.54. The number of hydrogen-bond donors (Lipinski definition) is 1. The first-order valence-electron chi connectivity index (χ1n) is 12.5. The van der Waals surface area contributed by atoms with Crippen LogP contribution in [-0.2, 0) is 9.59 Å². The van der Waals surface area contributed by atoms with Gasteiger partial charge in [0.2, 0.25) is 5.91 Å². The molecule has 0 spiro atoms. The van der Waals surface area contributed by atoms with Crippen LogP contribution in [0.1, 0.15) is 86.5 Å². The van der Waals surface area contributed by atoms with Gasteiger partial charge in [0.15, 0.2) is 5.78 Å². The molecule has 5 rings (SSSR count). The van der Waals surface area contributed by atoms with Crippen molar-refractivity contribution >= 4 is 11.7 Å². The van der Waals surface area contributed by atoms with Gasteiger partial charge in [-0.3, -0.25) is 9.59 Å². The van der Waals surface area contributed by atoms with E-state index in [-0.39, 0.29) is 33.4 Å². The van der Waals surface area contributed by atoms with E-state index in [0.717, 1.165) is 37.7 Å². The number of carbonyl (C=O) groups excluding carboxylic acids is 2. The van der Waals surface area contributed by atoms with Crippen LogP contribution in [0.25, 0.3) is 0 Å². The van der Waals surface area contributed by atoms with Gasteiger partial charge in [-0.25, -0.2) is 0 Å². The molecule has 3 saturated carbocycles. The van der Waals surface area contributed by atoms with Crippen molar-refractivity contribution in [2.75, 3.05) is 0 Å². The predicted octanol–water partition coefficient (Wildman–Crippen LogP) is 6.21. The highest BCUT2D eigenvalue weighted by Gasteiger charge is 2.67. The van der Waals surface area contributed by atoms with Crippen LogP contribution in [0.2, 0.25) is 0 Å². The van der Waals surface area contributed by atoms with Gasteiger partial charge in [-0.05, 0) is 103 Å². The van der Waals surface area contributed by atoms with Gasteiger partial charge in [-0.2, -0.15) is 0 Å². The molecule has 1 amide bonds. The largest absolute Gasteiger partial charge is 0.369 e. The van der Waals surface area contributed by atoms with Gasteiger partial charge in [-0.15, -0.1) is 0 Å². The number of hydrogen-bond acceptors (Lipinski definition) is 2. The van der Waals surface area contributed by atoms with E-state index in [0.29, 0.717) is 5.92 Å². The molecule has 3 heteroatoms. The number of primary amides is 1. The Morgan fingerprint density at radius 2 is 1.62 bits per heavy atom. The maximum atomic E-state index is 12.5. The van der Waals surface area contributed by atoms with Crippen LogP contribution in [0.15, 0.2) is 46.6 Å². The van der Waals surface area contributed by atoms with Gasteiger partial charge in [0.05, 0.1) is 0 Å². The van der Waals surface area contributed by atoms with Gasteiger partial charge >= 0.3 is 0 Å². The number of allylic oxidation sites excluding steroid dienone is 8. The van der Waals surface area contributed by atoms with E-state index in [1.807, 2.05) is 6.08 Å². The van der Waals surface area contributed by atoms with Crippen molar-refractivity contribution in [3.63, 3.8) is 0 Å². The summed E-state index contributed by atoms with van der Waals surface area (Å²) >= 11 is 0. The minimum atomic E-state index is -0.402. The lowest BCUT2D eigenvalue weighted by atomic mass is 9.34. The van der Waals surface area contributed by atoms with Crippen molar-refractivity contribution in [3.05, 3.63) is 46.6 Å². The molecule has 0 aromatic rings. The highest BCUT2D eigenvalue weighted by molar-refractivity contribution is 6.04. The molecule has 5 aliphatic rings. The van der Waals surface area contributed by atoms with Crippen LogP contribution in [0.4, 0.5) is 0 Å². The Labute approximate surface area is 193 Å². The summed E-state index contributed by atoms with van der Waals surface area (Å²) in [4.78, 5) is 24.9. The first-order valence-corrected chi connectivity index (χ1v) is 12.5. The molecule has 32 heavy (non-hydrogen) atoms. The summed E-state index contributed by atoms with van der Waals surface area (Å²) in [6, 6.07) is 0. The Morgan fingerprint density at radius 3 is 2.31 bits per heavy atom. The first-order chi connectivity index (χ1) is 14.8. The van der Waals surface area contributed by atoms with Crippen LogP contribution in [-0.4, -0.2) is 11.7 Å². The van der Waals surface area contributed by atoms with Crippen molar-refractivity contribution in [1.29, 1.82) is 0 Å². The zero-order chi connectivity index (χ0) is 23.3. The molecule has 6 atom stereocenters. The molecule has 6 unspecified atom stereocenters. The first kappa shape index (κ1) is 21.9. The van der Waals surface area contributed by atoms with Crippen LogP contribution in [0.5, 0.6) is 0 Å². The minimum Gasteiger partial charge on any atom is -0.369 e. The van der Waals surface area contributed by atoms with Crippen LogP contribution in [0.3, 0.4) is 0 Å². The lowest BCUT2D eigenvalue weighted by Gasteiger charge is -2.70. The summed E-state index contributed by atoms with van der Waals surface area (Å²) in [5, 5.41) is 0. The fraction of sp³-hybridized carbons (Fsp3) is 0.655. The standard InChI is InChI=1S/C29H39NO2/c1-18-15-19(31)16-21-20(18)7-8-22-27(21,4)12-14-29(6)23-17-26(3,24(30)32)10-9-25(23,2)11-13-28(22,29)5/h7-8,15-16,23H,9-14,17H2,1-6H3,(H2,30,32). The van der Waals surface area contributed by atoms with E-state index in [1.54, 1.807) is 6.08 Å². The van der Waals surface area contributed by atoms with E-state index in [1.165, 1.54) is 29.6 Å². The van der Waals surface area contributed by atoms with Crippen LogP contribution >= 0.6 is 0 Å². The molecular formula is C29H39NO2. The van der Waals surface area contributed by atoms with Crippen molar-refractivity contribution in [2.45, 2.75) is 86.5 Å². The van der Waals surface area contributed by atoms with Gasteiger partial charge in [0, 0.05) is 10.8 Å². The molecule has 172 valence electrons. The van der Waals surface area contributed by atoms with E-state index in [2.05, 4.69) is 53.7 Å². The molecule has 0 aromatic carbocycles. The normalized spacial score (nSPS) is 47.6. The average Bonchev–Trinajstić information content (AvgIpc) is 2.72. The summed E-state index contributed by atoms with van der Waals surface area (Å²) in [6.07, 6.45) is 15.8. The van der Waals surface area contributed by atoms with Crippen molar-refractivity contribution in [3.8, 4) is 0 Å². The molecule has 0 saturated heterocycles. The summed E-state index contributed by atoms with van der Waals surface area (Å²) in [5.74, 6) is 0.462. The Hall–Kier alpha value is -1.90. The highest BCUT2D eigenvalue weighted by Crippen LogP contribution is 2.75. The second-order valence-electron chi connectivity index (χ2n) is 12.9. The lowest BCUT2D eigenvalue weighted by molar-refractivity contribution is -0.167. The molecule has 0 radical (unpaired) electrons. The van der Waals surface area contributed by atoms with Gasteiger partial charge in [0.25, 0.3) is 0 Å². The van der Waals surface area contributed by atoms with E-state index >= 15 is 0 Å². The molecular weight excluding hydrogens is 394 g/mol. The summed E-state index contributed by atoms with van der Waals surface area (Å²) in [7, 11) is 0.